The minimum absolute atomic E-state index is 0.0590. The summed E-state index contributed by atoms with van der Waals surface area (Å²) in [4.78, 5) is 40.6. The van der Waals surface area contributed by atoms with Gasteiger partial charge >= 0.3 is 28.3 Å². The molecule has 0 fully saturated rings. The predicted octanol–water partition coefficient (Wildman–Crippen LogP) is 3.24. The zero-order valence-corrected chi connectivity index (χ0v) is 31.6. The molecule has 270 valence electrons. The normalized spacial score (nSPS) is 13.1. The second-order valence-corrected chi connectivity index (χ2v) is 17.5. The van der Waals surface area contributed by atoms with Crippen LogP contribution < -0.4 is 0 Å². The number of ether oxygens (including phenoxy) is 6. The van der Waals surface area contributed by atoms with E-state index in [9.17, 15) is 14.2 Å². The highest BCUT2D eigenvalue weighted by molar-refractivity contribution is 8.00. The third-order valence-corrected chi connectivity index (χ3v) is 12.0. The molecule has 0 saturated heterocycles. The minimum atomic E-state index is -3.91. The summed E-state index contributed by atoms with van der Waals surface area (Å²) in [5.74, 6) is 1.04. The average Bonchev–Trinajstić information content (AvgIpc) is 2.99. The van der Waals surface area contributed by atoms with Crippen LogP contribution in [0.2, 0.25) is 6.04 Å². The molecule has 2 atom stereocenters. The lowest BCUT2D eigenvalue weighted by Gasteiger charge is -2.24. The molecule has 0 amide bonds. The molecule has 0 aliphatic rings. The van der Waals surface area contributed by atoms with E-state index in [1.54, 1.807) is 47.3 Å². The molecule has 2 N–H and O–H groups in total. The highest BCUT2D eigenvalue weighted by Crippen LogP contribution is 2.35. The first kappa shape index (κ1) is 46.8. The van der Waals surface area contributed by atoms with E-state index in [-0.39, 0.29) is 48.2 Å². The Morgan fingerprint density at radius 1 is 0.667 bits per heavy atom. The van der Waals surface area contributed by atoms with Gasteiger partial charge in [-0.05, 0) is 24.3 Å². The second kappa shape index (κ2) is 31.0. The Bertz CT molecular complexity index is 753. The number of hydrogen-bond acceptors (Lipinski definition) is 14. The Hall–Kier alpha value is -0.273. The van der Waals surface area contributed by atoms with Crippen LogP contribution in [0, 0.1) is 0 Å². The Morgan fingerprint density at radius 3 is 1.44 bits per heavy atom. The summed E-state index contributed by atoms with van der Waals surface area (Å²) in [6, 6.07) is 0.763. The maximum Gasteiger partial charge on any atom is 0.500 e. The number of methoxy groups -OCH3 is 2. The van der Waals surface area contributed by atoms with Crippen molar-refractivity contribution in [1.82, 2.24) is 0 Å². The SMILES string of the molecule is COCCOCCOC(=O)CC(C)SCCCP(=O)(O)O.COCCOCCOC(=O)CC(C)SCCC[Si](OC)(OC)OC. The van der Waals surface area contributed by atoms with Gasteiger partial charge in [0.25, 0.3) is 0 Å². The van der Waals surface area contributed by atoms with Crippen molar-refractivity contribution >= 4 is 51.9 Å². The largest absolute Gasteiger partial charge is 0.500 e. The van der Waals surface area contributed by atoms with Crippen LogP contribution in [-0.2, 0) is 55.9 Å². The van der Waals surface area contributed by atoms with Crippen molar-refractivity contribution in [3.63, 3.8) is 0 Å². The smallest absolute Gasteiger partial charge is 0.463 e. The lowest BCUT2D eigenvalue weighted by atomic mass is 10.3. The van der Waals surface area contributed by atoms with E-state index in [0.29, 0.717) is 58.2 Å². The van der Waals surface area contributed by atoms with E-state index < -0.39 is 16.4 Å². The quantitative estimate of drug-likeness (QED) is 0.0497. The topological polar surface area (TPSA) is 175 Å². The van der Waals surface area contributed by atoms with E-state index in [0.717, 1.165) is 18.2 Å². The Balaban J connectivity index is 0. The summed E-state index contributed by atoms with van der Waals surface area (Å²) >= 11 is 3.24. The number of hydrogen-bond donors (Lipinski definition) is 2. The molecule has 0 spiro atoms. The van der Waals surface area contributed by atoms with Gasteiger partial charge in [0.05, 0.1) is 58.6 Å². The van der Waals surface area contributed by atoms with Crippen LogP contribution in [0.3, 0.4) is 0 Å². The van der Waals surface area contributed by atoms with Gasteiger partial charge in [0.2, 0.25) is 0 Å². The molecule has 0 aliphatic carbocycles. The molecule has 0 bridgehead atoms. The monoisotopic (exact) mass is 728 g/mol. The molecule has 18 heteroatoms. The Labute approximate surface area is 279 Å². The first-order chi connectivity index (χ1) is 21.4. The summed E-state index contributed by atoms with van der Waals surface area (Å²) in [6.07, 6.45) is 1.90. The van der Waals surface area contributed by atoms with Gasteiger partial charge in [-0.2, -0.15) is 23.5 Å². The van der Waals surface area contributed by atoms with Crippen molar-refractivity contribution in [2.24, 2.45) is 0 Å². The fourth-order valence-electron chi connectivity index (χ4n) is 3.31. The van der Waals surface area contributed by atoms with Crippen molar-refractivity contribution in [1.29, 1.82) is 0 Å². The fourth-order valence-corrected chi connectivity index (χ4v) is 8.00. The number of carbonyl (C=O) groups excluding carboxylic acids is 2. The predicted molar refractivity (Wildman–Crippen MR) is 178 cm³/mol. The van der Waals surface area contributed by atoms with Gasteiger partial charge in [0.15, 0.2) is 0 Å². The minimum Gasteiger partial charge on any atom is -0.463 e. The Morgan fingerprint density at radius 2 is 1.07 bits per heavy atom. The number of rotatable bonds is 29. The third kappa shape index (κ3) is 32.1. The van der Waals surface area contributed by atoms with Crippen molar-refractivity contribution in [3.05, 3.63) is 0 Å². The molecule has 0 aliphatic heterocycles. The maximum absolute atomic E-state index is 11.7. The number of carbonyl (C=O) groups is 2. The fraction of sp³-hybridized carbons (Fsp3) is 0.926. The molecule has 45 heavy (non-hydrogen) atoms. The molecular weight excluding hydrogens is 671 g/mol. The van der Waals surface area contributed by atoms with E-state index in [4.69, 9.17) is 51.5 Å². The van der Waals surface area contributed by atoms with Crippen LogP contribution in [0.4, 0.5) is 0 Å². The van der Waals surface area contributed by atoms with Crippen LogP contribution in [0.1, 0.15) is 39.5 Å². The average molecular weight is 729 g/mol. The Kier molecular flexibility index (Phi) is 32.3. The summed E-state index contributed by atoms with van der Waals surface area (Å²) in [6.45, 7) is 7.19. The molecule has 0 aromatic heterocycles. The van der Waals surface area contributed by atoms with Crippen molar-refractivity contribution in [2.75, 3.05) is 106 Å². The van der Waals surface area contributed by atoms with Crippen molar-refractivity contribution < 1.29 is 65.6 Å². The summed E-state index contributed by atoms with van der Waals surface area (Å²) in [5, 5.41) is 0.263. The molecule has 0 saturated carbocycles. The summed E-state index contributed by atoms with van der Waals surface area (Å²) in [7, 11) is 1.66. The molecule has 0 rings (SSSR count). The zero-order valence-electron chi connectivity index (χ0n) is 28.0. The van der Waals surface area contributed by atoms with Crippen molar-refractivity contribution in [3.8, 4) is 0 Å². The zero-order chi connectivity index (χ0) is 34.4. The van der Waals surface area contributed by atoms with Gasteiger partial charge in [-0.25, -0.2) is 0 Å². The first-order valence-electron chi connectivity index (χ1n) is 14.8. The van der Waals surface area contributed by atoms with Gasteiger partial charge in [-0.3, -0.25) is 14.2 Å². The molecule has 2 unspecified atom stereocenters. The van der Waals surface area contributed by atoms with Crippen LogP contribution >= 0.6 is 31.1 Å². The molecule has 0 aromatic carbocycles. The van der Waals surface area contributed by atoms with Crippen LogP contribution in [0.5, 0.6) is 0 Å². The molecule has 14 nitrogen and oxygen atoms in total. The van der Waals surface area contributed by atoms with Gasteiger partial charge in [0.1, 0.15) is 13.2 Å². The molecule has 0 radical (unpaired) electrons. The van der Waals surface area contributed by atoms with Gasteiger partial charge < -0.3 is 51.5 Å². The standard InChI is InChI=1S/C15H32O7SSi.C12H25O7PS/c1-14(13-15(16)22-10-9-21-8-7-17-2)23-11-6-12-24(18-3,19-4)20-5;1-11(21-9-3-8-20(14,15)16)10-12(13)19-7-6-18-5-4-17-2/h14H,6-13H2,1-5H3;11H,3-10H2,1-2H3,(H2,14,15,16). The highest BCUT2D eigenvalue weighted by atomic mass is 32.2. The third-order valence-electron chi connectivity index (χ3n) is 5.71. The number of thioether (sulfide) groups is 2. The first-order valence-corrected chi connectivity index (χ1v) is 20.6. The summed E-state index contributed by atoms with van der Waals surface area (Å²) in [5.41, 5.74) is 0. The van der Waals surface area contributed by atoms with Gasteiger partial charge in [-0.15, -0.1) is 0 Å². The van der Waals surface area contributed by atoms with Crippen LogP contribution in [0.25, 0.3) is 0 Å². The van der Waals surface area contributed by atoms with Crippen molar-refractivity contribution in [2.45, 2.75) is 56.1 Å². The van der Waals surface area contributed by atoms with E-state index >= 15 is 0 Å². The number of esters is 2. The summed E-state index contributed by atoms with van der Waals surface area (Å²) < 4.78 is 57.0. The maximum atomic E-state index is 11.7. The van der Waals surface area contributed by atoms with E-state index in [1.807, 2.05) is 13.8 Å². The lowest BCUT2D eigenvalue weighted by molar-refractivity contribution is -0.146. The van der Waals surface area contributed by atoms with E-state index in [2.05, 4.69) is 0 Å². The lowest BCUT2D eigenvalue weighted by Crippen LogP contribution is -2.42. The van der Waals surface area contributed by atoms with Gasteiger partial charge in [0, 0.05) is 52.1 Å². The highest BCUT2D eigenvalue weighted by Gasteiger charge is 2.36. The molecular formula is C27H57O14PS2Si. The van der Waals surface area contributed by atoms with Crippen LogP contribution in [0.15, 0.2) is 0 Å². The van der Waals surface area contributed by atoms with E-state index in [1.165, 1.54) is 11.8 Å². The molecule has 0 heterocycles. The second-order valence-electron chi connectivity index (χ2n) is 9.56. The van der Waals surface area contributed by atoms with Crippen LogP contribution in [-0.4, -0.2) is 147 Å². The van der Waals surface area contributed by atoms with Gasteiger partial charge in [-0.1, -0.05) is 13.8 Å². The molecule has 0 aromatic rings.